The highest BCUT2D eigenvalue weighted by atomic mass is 79.9. The van der Waals surface area contributed by atoms with Gasteiger partial charge in [0, 0.05) is 28.2 Å². The summed E-state index contributed by atoms with van der Waals surface area (Å²) in [6.07, 6.45) is -4.76. The summed E-state index contributed by atoms with van der Waals surface area (Å²) in [4.78, 5) is 9.00. The fraction of sp³-hybridized carbons (Fsp3) is 0.273. The number of nitrogens with one attached hydrogen (secondary N) is 2. The zero-order valence-corrected chi connectivity index (χ0v) is 18.8. The number of anilines is 2. The van der Waals surface area contributed by atoms with Gasteiger partial charge in [-0.05, 0) is 44.5 Å². The molecule has 3 aromatic rings. The molecule has 2 aromatic carbocycles. The van der Waals surface area contributed by atoms with Gasteiger partial charge in [-0.1, -0.05) is 46.3 Å². The summed E-state index contributed by atoms with van der Waals surface area (Å²) < 4.78 is 42.8. The van der Waals surface area contributed by atoms with Gasteiger partial charge < -0.3 is 15.4 Å². The van der Waals surface area contributed by atoms with Crippen molar-refractivity contribution < 1.29 is 17.9 Å². The fourth-order valence-corrected chi connectivity index (χ4v) is 3.18. The van der Waals surface area contributed by atoms with E-state index in [0.717, 1.165) is 10.0 Å². The van der Waals surface area contributed by atoms with Gasteiger partial charge in [-0.2, -0.15) is 4.98 Å². The molecule has 0 fully saturated rings. The molecular weight excluding hydrogens is 473 g/mol. The molecule has 164 valence electrons. The highest BCUT2D eigenvalue weighted by Crippen LogP contribution is 2.29. The molecule has 2 N–H and O–H groups in total. The first kappa shape index (κ1) is 22.9. The quantitative estimate of drug-likeness (QED) is 0.402. The molecule has 0 spiro atoms. The summed E-state index contributed by atoms with van der Waals surface area (Å²) in [5, 5.41) is 6.47. The summed E-state index contributed by atoms with van der Waals surface area (Å²) in [6.45, 7) is 6.41. The Balaban J connectivity index is 1.94. The van der Waals surface area contributed by atoms with E-state index >= 15 is 0 Å². The number of alkyl halides is 3. The predicted octanol–water partition coefficient (Wildman–Crippen LogP) is 6.63. The van der Waals surface area contributed by atoms with E-state index in [1.54, 1.807) is 12.1 Å². The van der Waals surface area contributed by atoms with E-state index < -0.39 is 6.36 Å². The van der Waals surface area contributed by atoms with Crippen molar-refractivity contribution >= 4 is 27.7 Å². The van der Waals surface area contributed by atoms with Crippen LogP contribution in [0.5, 0.6) is 5.75 Å². The number of rotatable bonds is 6. The molecule has 9 heteroatoms. The van der Waals surface area contributed by atoms with Gasteiger partial charge in [-0.25, -0.2) is 4.98 Å². The normalized spacial score (nSPS) is 11.8. The topological polar surface area (TPSA) is 59.1 Å². The van der Waals surface area contributed by atoms with Crippen LogP contribution in [0.25, 0.3) is 11.3 Å². The van der Waals surface area contributed by atoms with Gasteiger partial charge in [0.15, 0.2) is 0 Å². The van der Waals surface area contributed by atoms with E-state index in [1.807, 2.05) is 45.0 Å². The zero-order chi connectivity index (χ0) is 22.6. The Morgan fingerprint density at radius 2 is 1.71 bits per heavy atom. The van der Waals surface area contributed by atoms with Crippen LogP contribution in [-0.2, 0) is 6.54 Å². The van der Waals surface area contributed by atoms with E-state index in [0.29, 0.717) is 29.6 Å². The van der Waals surface area contributed by atoms with Crippen LogP contribution in [0.4, 0.5) is 24.9 Å². The second-order valence-electron chi connectivity index (χ2n) is 7.86. The number of halogens is 4. The maximum absolute atomic E-state index is 12.6. The molecule has 0 radical (unpaired) electrons. The maximum Gasteiger partial charge on any atom is 0.573 e. The number of ether oxygens (including phenoxy) is 1. The average Bonchev–Trinajstić information content (AvgIpc) is 2.65. The molecule has 0 bridgehead atoms. The molecule has 1 heterocycles. The highest BCUT2D eigenvalue weighted by Gasteiger charge is 2.31. The molecule has 1 aromatic heterocycles. The van der Waals surface area contributed by atoms with E-state index in [2.05, 4.69) is 41.3 Å². The third-order valence-electron chi connectivity index (χ3n) is 3.99. The minimum absolute atomic E-state index is 0.306. The number of nitrogens with zero attached hydrogens (tertiary/aromatic N) is 2. The van der Waals surface area contributed by atoms with Crippen LogP contribution in [0, 0.1) is 0 Å². The van der Waals surface area contributed by atoms with Gasteiger partial charge >= 0.3 is 6.36 Å². The molecule has 0 amide bonds. The largest absolute Gasteiger partial charge is 0.573 e. The molecule has 0 saturated heterocycles. The summed E-state index contributed by atoms with van der Waals surface area (Å²) in [7, 11) is 0. The maximum atomic E-state index is 12.6. The minimum atomic E-state index is -4.76. The number of hydrogen-bond acceptors (Lipinski definition) is 5. The van der Waals surface area contributed by atoms with Gasteiger partial charge in [-0.3, -0.25) is 0 Å². The van der Waals surface area contributed by atoms with E-state index in [1.165, 1.54) is 18.2 Å². The van der Waals surface area contributed by atoms with Gasteiger partial charge in [0.05, 0.1) is 5.69 Å². The average molecular weight is 495 g/mol. The predicted molar refractivity (Wildman–Crippen MR) is 119 cm³/mol. The molecule has 0 saturated carbocycles. The fourth-order valence-electron chi connectivity index (χ4n) is 2.76. The van der Waals surface area contributed by atoms with Crippen molar-refractivity contribution in [3.8, 4) is 17.0 Å². The third kappa shape index (κ3) is 7.13. The van der Waals surface area contributed by atoms with E-state index in [4.69, 9.17) is 0 Å². The number of benzene rings is 2. The van der Waals surface area contributed by atoms with Crippen LogP contribution in [0.1, 0.15) is 26.3 Å². The SMILES string of the molecule is CC(C)(C)Nc1nc(NCc2ccccc2Br)cc(-c2cccc(OC(F)(F)F)c2)n1. The number of hydrogen-bond donors (Lipinski definition) is 2. The summed E-state index contributed by atoms with van der Waals surface area (Å²) in [5.74, 6) is 0.591. The van der Waals surface area contributed by atoms with Crippen molar-refractivity contribution in [3.05, 3.63) is 64.6 Å². The first-order valence-corrected chi connectivity index (χ1v) is 10.3. The second-order valence-corrected chi connectivity index (χ2v) is 8.71. The minimum Gasteiger partial charge on any atom is -0.406 e. The van der Waals surface area contributed by atoms with E-state index in [-0.39, 0.29) is 11.3 Å². The first-order valence-electron chi connectivity index (χ1n) is 9.49. The van der Waals surface area contributed by atoms with E-state index in [9.17, 15) is 13.2 Å². The van der Waals surface area contributed by atoms with Crippen LogP contribution in [-0.4, -0.2) is 21.9 Å². The van der Waals surface area contributed by atoms with Crippen molar-refractivity contribution in [3.63, 3.8) is 0 Å². The molecule has 31 heavy (non-hydrogen) atoms. The Bertz CT molecular complexity index is 1050. The standard InChI is InChI=1S/C22H22BrF3N4O/c1-21(2,3)30-20-28-18(14-8-6-9-16(11-14)31-22(24,25)26)12-19(29-20)27-13-15-7-4-5-10-17(15)23/h4-12H,13H2,1-3H3,(H2,27,28,29,30). The summed E-state index contributed by atoms with van der Waals surface area (Å²) in [5.41, 5.74) is 1.67. The van der Waals surface area contributed by atoms with Crippen LogP contribution in [0.15, 0.2) is 59.1 Å². The molecule has 3 rings (SSSR count). The second kappa shape index (κ2) is 9.13. The lowest BCUT2D eigenvalue weighted by Crippen LogP contribution is -2.27. The molecular formula is C22H22BrF3N4O. The monoisotopic (exact) mass is 494 g/mol. The number of aromatic nitrogens is 2. The van der Waals surface area contributed by atoms with Crippen molar-refractivity contribution in [2.75, 3.05) is 10.6 Å². The van der Waals surface area contributed by atoms with Crippen LogP contribution >= 0.6 is 15.9 Å². The van der Waals surface area contributed by atoms with Gasteiger partial charge in [0.1, 0.15) is 11.6 Å². The lowest BCUT2D eigenvalue weighted by Gasteiger charge is -2.21. The van der Waals surface area contributed by atoms with Crippen molar-refractivity contribution in [2.24, 2.45) is 0 Å². The lowest BCUT2D eigenvalue weighted by molar-refractivity contribution is -0.274. The molecule has 0 aliphatic heterocycles. The Morgan fingerprint density at radius 1 is 0.968 bits per heavy atom. The van der Waals surface area contributed by atoms with Gasteiger partial charge in [0.2, 0.25) is 5.95 Å². The van der Waals surface area contributed by atoms with Gasteiger partial charge in [0.25, 0.3) is 0 Å². The van der Waals surface area contributed by atoms with Crippen LogP contribution < -0.4 is 15.4 Å². The Hall–Kier alpha value is -2.81. The van der Waals surface area contributed by atoms with Crippen molar-refractivity contribution in [1.29, 1.82) is 0 Å². The molecule has 5 nitrogen and oxygen atoms in total. The van der Waals surface area contributed by atoms with Crippen molar-refractivity contribution in [1.82, 2.24) is 9.97 Å². The molecule has 0 aliphatic carbocycles. The molecule has 0 atom stereocenters. The zero-order valence-electron chi connectivity index (χ0n) is 17.2. The third-order valence-corrected chi connectivity index (χ3v) is 4.77. The molecule has 0 unspecified atom stereocenters. The highest BCUT2D eigenvalue weighted by molar-refractivity contribution is 9.10. The smallest absolute Gasteiger partial charge is 0.406 e. The van der Waals surface area contributed by atoms with Crippen LogP contribution in [0.3, 0.4) is 0 Å². The van der Waals surface area contributed by atoms with Crippen molar-refractivity contribution in [2.45, 2.75) is 39.2 Å². The first-order chi connectivity index (χ1) is 14.5. The van der Waals surface area contributed by atoms with Crippen LogP contribution in [0.2, 0.25) is 0 Å². The molecule has 0 aliphatic rings. The summed E-state index contributed by atoms with van der Waals surface area (Å²) >= 11 is 3.52. The lowest BCUT2D eigenvalue weighted by atomic mass is 10.1. The Morgan fingerprint density at radius 3 is 2.39 bits per heavy atom. The Labute approximate surface area is 187 Å². The van der Waals surface area contributed by atoms with Gasteiger partial charge in [-0.15, -0.1) is 13.2 Å². The Kier molecular flexibility index (Phi) is 6.74. The summed E-state index contributed by atoms with van der Waals surface area (Å²) in [6, 6.07) is 15.2.